The maximum absolute atomic E-state index is 14.0. The summed E-state index contributed by atoms with van der Waals surface area (Å²) in [6.07, 6.45) is 0.658. The Kier molecular flexibility index (Phi) is 6.75. The largest absolute Gasteiger partial charge is 0.507 e. The molecule has 1 unspecified atom stereocenters. The summed E-state index contributed by atoms with van der Waals surface area (Å²) in [6, 6.07) is 10.3. The number of aryl methyl sites for hydroxylation is 1. The average molecular weight is 426 g/mol. The number of hydrogen-bond donors (Lipinski definition) is 1. The van der Waals surface area contributed by atoms with Crippen LogP contribution in [0.15, 0.2) is 48.0 Å². The van der Waals surface area contributed by atoms with Crippen LogP contribution < -0.4 is 4.74 Å². The van der Waals surface area contributed by atoms with Gasteiger partial charge in [-0.2, -0.15) is 0 Å². The maximum atomic E-state index is 14.0. The molecular formula is C24H27FN2O4. The summed E-state index contributed by atoms with van der Waals surface area (Å²) in [6.45, 7) is 2.97. The number of amides is 1. The van der Waals surface area contributed by atoms with Gasteiger partial charge in [0.15, 0.2) is 0 Å². The zero-order valence-corrected chi connectivity index (χ0v) is 18.2. The molecule has 0 aliphatic carbocycles. The number of rotatable bonds is 7. The summed E-state index contributed by atoms with van der Waals surface area (Å²) >= 11 is 0. The lowest BCUT2D eigenvalue weighted by Crippen LogP contribution is -2.32. The number of Topliss-reactive ketones (excluding diaryl/α,β-unsaturated/α-hetero) is 1. The van der Waals surface area contributed by atoms with E-state index in [2.05, 4.69) is 0 Å². The Balaban J connectivity index is 2.18. The second-order valence-corrected chi connectivity index (χ2v) is 7.85. The fourth-order valence-electron chi connectivity index (χ4n) is 3.90. The van der Waals surface area contributed by atoms with E-state index in [1.165, 1.54) is 24.1 Å². The monoisotopic (exact) mass is 426 g/mol. The van der Waals surface area contributed by atoms with Gasteiger partial charge in [0.2, 0.25) is 0 Å². The highest BCUT2D eigenvalue weighted by atomic mass is 19.1. The van der Waals surface area contributed by atoms with Gasteiger partial charge in [-0.15, -0.1) is 0 Å². The van der Waals surface area contributed by atoms with Crippen LogP contribution in [0.1, 0.15) is 29.2 Å². The van der Waals surface area contributed by atoms with E-state index in [4.69, 9.17) is 4.74 Å². The molecule has 31 heavy (non-hydrogen) atoms. The number of methoxy groups -OCH3 is 1. The minimum atomic E-state index is -0.790. The fourth-order valence-corrected chi connectivity index (χ4v) is 3.90. The highest BCUT2D eigenvalue weighted by molar-refractivity contribution is 6.46. The Hall–Kier alpha value is -3.19. The summed E-state index contributed by atoms with van der Waals surface area (Å²) in [4.78, 5) is 29.5. The van der Waals surface area contributed by atoms with E-state index in [9.17, 15) is 19.1 Å². The van der Waals surface area contributed by atoms with E-state index in [1.54, 1.807) is 0 Å². The minimum absolute atomic E-state index is 0.0346. The van der Waals surface area contributed by atoms with Gasteiger partial charge in [0.1, 0.15) is 17.3 Å². The van der Waals surface area contributed by atoms with Crippen LogP contribution in [0.25, 0.3) is 5.76 Å². The molecule has 1 N–H and O–H groups in total. The highest BCUT2D eigenvalue weighted by Crippen LogP contribution is 2.42. The number of hydrogen-bond acceptors (Lipinski definition) is 5. The predicted molar refractivity (Wildman–Crippen MR) is 116 cm³/mol. The predicted octanol–water partition coefficient (Wildman–Crippen LogP) is 3.52. The smallest absolute Gasteiger partial charge is 0.295 e. The number of carbonyl (C=O) groups is 2. The Bertz CT molecular complexity index is 1030. The van der Waals surface area contributed by atoms with E-state index >= 15 is 0 Å². The summed E-state index contributed by atoms with van der Waals surface area (Å²) in [5, 5.41) is 11.1. The normalized spacial score (nSPS) is 18.1. The molecule has 1 fully saturated rings. The van der Waals surface area contributed by atoms with Crippen LogP contribution in [-0.2, 0) is 9.59 Å². The fraction of sp³-hybridized carbons (Fsp3) is 0.333. The summed E-state index contributed by atoms with van der Waals surface area (Å²) in [5.41, 5.74) is 1.59. The number of aliphatic hydroxyl groups is 1. The number of ketones is 1. The summed E-state index contributed by atoms with van der Waals surface area (Å²) < 4.78 is 19.2. The molecule has 1 aliphatic heterocycles. The molecule has 0 spiro atoms. The molecule has 0 saturated carbocycles. The van der Waals surface area contributed by atoms with Crippen LogP contribution in [0.5, 0.6) is 5.75 Å². The molecule has 1 atom stereocenters. The van der Waals surface area contributed by atoms with Crippen LogP contribution in [0.2, 0.25) is 0 Å². The van der Waals surface area contributed by atoms with Gasteiger partial charge in [0.25, 0.3) is 11.7 Å². The summed E-state index contributed by atoms with van der Waals surface area (Å²) in [5.74, 6) is -2.29. The maximum Gasteiger partial charge on any atom is 0.295 e. The van der Waals surface area contributed by atoms with Crippen LogP contribution >= 0.6 is 0 Å². The Morgan fingerprint density at radius 1 is 1.19 bits per heavy atom. The van der Waals surface area contributed by atoms with E-state index in [1.807, 2.05) is 50.2 Å². The van der Waals surface area contributed by atoms with Crippen molar-refractivity contribution < 1.29 is 23.8 Å². The molecule has 0 bridgehead atoms. The number of aliphatic hydroxyl groups excluding tert-OH is 1. The van der Waals surface area contributed by atoms with Crippen molar-refractivity contribution in [1.29, 1.82) is 0 Å². The van der Waals surface area contributed by atoms with Crippen LogP contribution in [-0.4, -0.2) is 60.9 Å². The Labute approximate surface area is 181 Å². The van der Waals surface area contributed by atoms with Gasteiger partial charge in [0.05, 0.1) is 24.3 Å². The topological polar surface area (TPSA) is 70.1 Å². The molecule has 6 nitrogen and oxygen atoms in total. The molecule has 164 valence electrons. The van der Waals surface area contributed by atoms with E-state index in [0.717, 1.165) is 23.7 Å². The third-order valence-electron chi connectivity index (χ3n) is 5.44. The second kappa shape index (κ2) is 9.31. The van der Waals surface area contributed by atoms with Gasteiger partial charge in [-0.25, -0.2) is 4.39 Å². The van der Waals surface area contributed by atoms with E-state index in [0.29, 0.717) is 13.0 Å². The number of carbonyl (C=O) groups excluding carboxylic acids is 2. The van der Waals surface area contributed by atoms with Crippen LogP contribution in [0.3, 0.4) is 0 Å². The molecular weight excluding hydrogens is 399 g/mol. The lowest BCUT2D eigenvalue weighted by atomic mass is 9.92. The zero-order chi connectivity index (χ0) is 22.7. The van der Waals surface area contributed by atoms with Crippen molar-refractivity contribution in [1.82, 2.24) is 9.80 Å². The van der Waals surface area contributed by atoms with Gasteiger partial charge in [0, 0.05) is 6.54 Å². The Morgan fingerprint density at radius 2 is 1.90 bits per heavy atom. The molecule has 3 rings (SSSR count). The molecule has 0 aromatic heterocycles. The molecule has 1 heterocycles. The Morgan fingerprint density at radius 3 is 2.55 bits per heavy atom. The van der Waals surface area contributed by atoms with Crippen molar-refractivity contribution in [3.8, 4) is 5.75 Å². The summed E-state index contributed by atoms with van der Waals surface area (Å²) in [7, 11) is 5.26. The number of likely N-dealkylation sites (tertiary alicyclic amines) is 1. The van der Waals surface area contributed by atoms with Crippen molar-refractivity contribution in [2.24, 2.45) is 0 Å². The van der Waals surface area contributed by atoms with Gasteiger partial charge in [-0.1, -0.05) is 24.3 Å². The first-order chi connectivity index (χ1) is 14.8. The molecule has 7 heteroatoms. The molecule has 2 aromatic carbocycles. The van der Waals surface area contributed by atoms with E-state index < -0.39 is 29.3 Å². The van der Waals surface area contributed by atoms with Crippen molar-refractivity contribution in [2.45, 2.75) is 19.4 Å². The number of ether oxygens (including phenoxy) is 1. The van der Waals surface area contributed by atoms with Gasteiger partial charge in [-0.3, -0.25) is 9.59 Å². The third kappa shape index (κ3) is 4.46. The van der Waals surface area contributed by atoms with Crippen LogP contribution in [0, 0.1) is 12.7 Å². The van der Waals surface area contributed by atoms with Crippen LogP contribution in [0.4, 0.5) is 4.39 Å². The average Bonchev–Trinajstić information content (AvgIpc) is 2.98. The van der Waals surface area contributed by atoms with Crippen molar-refractivity contribution in [3.63, 3.8) is 0 Å². The zero-order valence-electron chi connectivity index (χ0n) is 18.2. The van der Waals surface area contributed by atoms with Crippen molar-refractivity contribution >= 4 is 17.4 Å². The first-order valence-electron chi connectivity index (χ1n) is 10.1. The highest BCUT2D eigenvalue weighted by Gasteiger charge is 2.46. The first-order valence-corrected chi connectivity index (χ1v) is 10.1. The van der Waals surface area contributed by atoms with Gasteiger partial charge < -0.3 is 19.6 Å². The minimum Gasteiger partial charge on any atom is -0.507 e. The molecule has 1 saturated heterocycles. The van der Waals surface area contributed by atoms with Crippen molar-refractivity contribution in [3.05, 3.63) is 70.5 Å². The lowest BCUT2D eigenvalue weighted by molar-refractivity contribution is -0.139. The molecule has 1 amide bonds. The molecule has 2 aromatic rings. The quantitative estimate of drug-likeness (QED) is 0.417. The van der Waals surface area contributed by atoms with Crippen molar-refractivity contribution in [2.75, 3.05) is 34.3 Å². The number of nitrogens with zero attached hydrogens (tertiary/aromatic N) is 2. The first kappa shape index (κ1) is 22.5. The number of halogens is 1. The third-order valence-corrected chi connectivity index (χ3v) is 5.44. The molecule has 1 aliphatic rings. The second-order valence-electron chi connectivity index (χ2n) is 7.85. The van der Waals surface area contributed by atoms with E-state index in [-0.39, 0.29) is 16.9 Å². The SMILES string of the molecule is COc1ccc(F)cc1/C(O)=C1\C(=O)C(=O)N(CCCN(C)C)C1c1ccccc1C. The van der Waals surface area contributed by atoms with Gasteiger partial charge >= 0.3 is 0 Å². The van der Waals surface area contributed by atoms with Gasteiger partial charge in [-0.05, 0) is 63.3 Å². The number of benzene rings is 2. The lowest BCUT2D eigenvalue weighted by Gasteiger charge is -2.27. The standard InChI is InChI=1S/C24H27FN2O4/c1-15-8-5-6-9-17(15)21-20(22(28)18-14-16(25)10-11-19(18)31-4)23(29)24(30)27(21)13-7-12-26(2)3/h5-6,8-11,14,21,28H,7,12-13H2,1-4H3/b22-20+. The molecule has 0 radical (unpaired) electrons.